The molecule has 0 aromatic carbocycles. The van der Waals surface area contributed by atoms with E-state index in [1.165, 1.54) is 30.4 Å². The zero-order valence-corrected chi connectivity index (χ0v) is 22.9. The topological polar surface area (TPSA) is 115 Å². The molecule has 2 aliphatic rings. The molecule has 3 aromatic heterocycles. The van der Waals surface area contributed by atoms with Crippen molar-refractivity contribution in [2.24, 2.45) is 0 Å². The molecule has 1 amide bonds. The van der Waals surface area contributed by atoms with Crippen molar-refractivity contribution in [3.8, 4) is 10.6 Å². The molecule has 10 nitrogen and oxygen atoms in total. The number of likely N-dealkylation sites (tertiary alicyclic amines) is 1. The van der Waals surface area contributed by atoms with Gasteiger partial charge in [0.25, 0.3) is 5.91 Å². The number of nitrogens with zero attached hydrogens (tertiary/aromatic N) is 6. The highest BCUT2D eigenvalue weighted by molar-refractivity contribution is 7.17. The van der Waals surface area contributed by atoms with Gasteiger partial charge in [0, 0.05) is 50.2 Å². The molecular formula is C25H30BN7O3S2. The molecule has 3 aromatic rings. The van der Waals surface area contributed by atoms with E-state index < -0.39 is 5.97 Å². The van der Waals surface area contributed by atoms with Gasteiger partial charge >= 0.3 is 5.97 Å². The monoisotopic (exact) mass is 551 g/mol. The molecular weight excluding hydrogens is 521 g/mol. The van der Waals surface area contributed by atoms with Gasteiger partial charge < -0.3 is 10.0 Å². The van der Waals surface area contributed by atoms with Crippen molar-refractivity contribution < 1.29 is 14.7 Å². The first kappa shape index (κ1) is 26.7. The molecule has 2 saturated heterocycles. The van der Waals surface area contributed by atoms with E-state index in [9.17, 15) is 9.59 Å². The lowest BCUT2D eigenvalue weighted by molar-refractivity contribution is -0.137. The largest absolute Gasteiger partial charge is 0.481 e. The van der Waals surface area contributed by atoms with Crippen LogP contribution >= 0.6 is 22.7 Å². The summed E-state index contributed by atoms with van der Waals surface area (Å²) in [4.78, 5) is 46.2. The number of aliphatic carboxylic acids is 1. The Morgan fingerprint density at radius 3 is 2.63 bits per heavy atom. The second kappa shape index (κ2) is 11.9. The Morgan fingerprint density at radius 1 is 1.18 bits per heavy atom. The van der Waals surface area contributed by atoms with E-state index in [4.69, 9.17) is 17.9 Å². The van der Waals surface area contributed by atoms with Gasteiger partial charge in [-0.3, -0.25) is 24.7 Å². The van der Waals surface area contributed by atoms with Crippen molar-refractivity contribution >= 4 is 58.8 Å². The normalized spacial score (nSPS) is 18.7. The number of carboxylic acid groups (broad SMARTS) is 1. The SMILES string of the molecule is [B]c1csc(-c2nc(NC(=O)c3cnc(N4CCN(CCC(=O)O)CC4)cn3)sc2CN2CCC[C@H]2C)c1. The summed E-state index contributed by atoms with van der Waals surface area (Å²) in [5.41, 5.74) is 1.80. The summed E-state index contributed by atoms with van der Waals surface area (Å²) in [6.07, 6.45) is 5.63. The standard InChI is InChI=1S/C25H30BN7O3S2/c1-16-3-2-5-33(16)14-20-23(19-11-17(26)15-37-19)29-25(38-20)30-24(36)18-12-28-21(13-27-18)32-9-7-31(8-10-32)6-4-22(34)35/h11-13,15-16H,2-10,14H2,1H3,(H,34,35)(H,29,30,36)/t16-/m1/s1. The molecule has 2 radical (unpaired) electrons. The van der Waals surface area contributed by atoms with Gasteiger partial charge in [-0.2, -0.15) is 0 Å². The molecule has 5 rings (SSSR count). The molecule has 2 aliphatic heterocycles. The van der Waals surface area contributed by atoms with Gasteiger partial charge in [0.05, 0.1) is 29.4 Å². The second-order valence-corrected chi connectivity index (χ2v) is 11.7. The Hall–Kier alpha value is -2.87. The first-order chi connectivity index (χ1) is 18.4. The van der Waals surface area contributed by atoms with Crippen LogP contribution in [0, 0.1) is 0 Å². The summed E-state index contributed by atoms with van der Waals surface area (Å²) < 4.78 is 0. The van der Waals surface area contributed by atoms with Gasteiger partial charge in [-0.25, -0.2) is 15.0 Å². The van der Waals surface area contributed by atoms with Crippen molar-refractivity contribution in [1.82, 2.24) is 24.8 Å². The second-order valence-electron chi connectivity index (χ2n) is 9.68. The summed E-state index contributed by atoms with van der Waals surface area (Å²) in [6, 6.07) is 2.45. The van der Waals surface area contributed by atoms with E-state index in [0.29, 0.717) is 29.0 Å². The van der Waals surface area contributed by atoms with Gasteiger partial charge in [-0.15, -0.1) is 11.3 Å². The van der Waals surface area contributed by atoms with E-state index in [1.54, 1.807) is 17.5 Å². The molecule has 0 unspecified atom stereocenters. The van der Waals surface area contributed by atoms with Crippen LogP contribution in [0.3, 0.4) is 0 Å². The minimum absolute atomic E-state index is 0.143. The predicted octanol–water partition coefficient (Wildman–Crippen LogP) is 2.29. The number of carbonyl (C=O) groups excluding carboxylic acids is 1. The minimum atomic E-state index is -0.783. The number of carboxylic acids is 1. The summed E-state index contributed by atoms with van der Waals surface area (Å²) in [7, 11) is 5.98. The highest BCUT2D eigenvalue weighted by atomic mass is 32.1. The number of piperazine rings is 1. The molecule has 1 atom stereocenters. The number of amides is 1. The Morgan fingerprint density at radius 2 is 2.00 bits per heavy atom. The Balaban J connectivity index is 1.23. The van der Waals surface area contributed by atoms with E-state index in [-0.39, 0.29) is 18.0 Å². The highest BCUT2D eigenvalue weighted by Crippen LogP contribution is 2.35. The smallest absolute Gasteiger partial charge is 0.304 e. The summed E-state index contributed by atoms with van der Waals surface area (Å²) in [5, 5.41) is 14.2. The maximum Gasteiger partial charge on any atom is 0.304 e. The van der Waals surface area contributed by atoms with Crippen molar-refractivity contribution in [2.75, 3.05) is 49.5 Å². The average molecular weight is 552 g/mol. The zero-order valence-electron chi connectivity index (χ0n) is 21.3. The van der Waals surface area contributed by atoms with E-state index in [0.717, 1.165) is 54.7 Å². The number of rotatable bonds is 9. The quantitative estimate of drug-likeness (QED) is 0.387. The molecule has 2 N–H and O–H groups in total. The van der Waals surface area contributed by atoms with Crippen LogP contribution in [-0.4, -0.2) is 94.9 Å². The number of hydrogen-bond donors (Lipinski definition) is 2. The molecule has 0 aliphatic carbocycles. The molecule has 13 heteroatoms. The lowest BCUT2D eigenvalue weighted by atomic mass is 10.0. The molecule has 2 fully saturated rings. The number of nitrogens with one attached hydrogen (secondary N) is 1. The minimum Gasteiger partial charge on any atom is -0.481 e. The Kier molecular flexibility index (Phi) is 8.37. The van der Waals surface area contributed by atoms with Crippen LogP contribution in [-0.2, 0) is 11.3 Å². The van der Waals surface area contributed by atoms with Crippen LogP contribution in [0.25, 0.3) is 10.6 Å². The van der Waals surface area contributed by atoms with Gasteiger partial charge in [0.2, 0.25) is 0 Å². The summed E-state index contributed by atoms with van der Waals surface area (Å²) >= 11 is 3.05. The number of thiophene rings is 1. The predicted molar refractivity (Wildman–Crippen MR) is 151 cm³/mol. The molecule has 0 bridgehead atoms. The number of aromatic nitrogens is 3. The van der Waals surface area contributed by atoms with E-state index in [1.807, 2.05) is 11.4 Å². The van der Waals surface area contributed by atoms with Crippen molar-refractivity contribution in [3.63, 3.8) is 0 Å². The lowest BCUT2D eigenvalue weighted by Crippen LogP contribution is -2.47. The lowest BCUT2D eigenvalue weighted by Gasteiger charge is -2.34. The number of anilines is 2. The van der Waals surface area contributed by atoms with Gasteiger partial charge in [0.1, 0.15) is 19.4 Å². The van der Waals surface area contributed by atoms with Crippen LogP contribution < -0.4 is 15.7 Å². The van der Waals surface area contributed by atoms with Crippen molar-refractivity contribution in [3.05, 3.63) is 34.4 Å². The molecule has 198 valence electrons. The number of hydrogen-bond acceptors (Lipinski definition) is 10. The van der Waals surface area contributed by atoms with Gasteiger partial charge in [-0.1, -0.05) is 16.8 Å². The fraction of sp³-hybridized carbons (Fsp3) is 0.480. The van der Waals surface area contributed by atoms with Gasteiger partial charge in [0.15, 0.2) is 5.13 Å². The third-order valence-corrected chi connectivity index (χ3v) is 8.93. The maximum absolute atomic E-state index is 13.0. The number of thiazole rings is 1. The highest BCUT2D eigenvalue weighted by Gasteiger charge is 2.25. The van der Waals surface area contributed by atoms with Crippen LogP contribution in [0.4, 0.5) is 10.9 Å². The van der Waals surface area contributed by atoms with Crippen molar-refractivity contribution in [1.29, 1.82) is 0 Å². The molecule has 0 spiro atoms. The van der Waals surface area contributed by atoms with Crippen LogP contribution in [0.2, 0.25) is 0 Å². The Labute approximate surface area is 231 Å². The number of carbonyl (C=O) groups is 2. The maximum atomic E-state index is 13.0. The zero-order chi connectivity index (χ0) is 26.6. The Bertz CT molecular complexity index is 1270. The van der Waals surface area contributed by atoms with Crippen LogP contribution in [0.1, 0.15) is 41.6 Å². The molecule has 5 heterocycles. The first-order valence-electron chi connectivity index (χ1n) is 12.8. The molecule has 0 saturated carbocycles. The van der Waals surface area contributed by atoms with E-state index in [2.05, 4.69) is 36.9 Å². The third-order valence-electron chi connectivity index (χ3n) is 7.02. The first-order valence-corrected chi connectivity index (χ1v) is 14.5. The van der Waals surface area contributed by atoms with Crippen LogP contribution in [0.5, 0.6) is 0 Å². The van der Waals surface area contributed by atoms with Crippen molar-refractivity contribution in [2.45, 2.75) is 38.8 Å². The van der Waals surface area contributed by atoms with Crippen LogP contribution in [0.15, 0.2) is 23.8 Å². The molecule has 38 heavy (non-hydrogen) atoms. The van der Waals surface area contributed by atoms with E-state index >= 15 is 0 Å². The average Bonchev–Trinajstić information content (AvgIpc) is 3.63. The fourth-order valence-corrected chi connectivity index (χ4v) is 6.69. The summed E-state index contributed by atoms with van der Waals surface area (Å²) in [6.45, 7) is 7.63. The summed E-state index contributed by atoms with van der Waals surface area (Å²) in [5.74, 6) is -0.433. The third kappa shape index (κ3) is 6.40. The fourth-order valence-electron chi connectivity index (χ4n) is 4.81. The van der Waals surface area contributed by atoms with Gasteiger partial charge in [-0.05, 0) is 37.8 Å².